The molecule has 3 aromatic rings. The third-order valence-corrected chi connectivity index (χ3v) is 4.04. The molecule has 1 aromatic heterocycles. The van der Waals surface area contributed by atoms with Crippen molar-refractivity contribution >= 4 is 22.4 Å². The van der Waals surface area contributed by atoms with E-state index in [0.29, 0.717) is 17.3 Å². The van der Waals surface area contributed by atoms with Gasteiger partial charge in [0.05, 0.1) is 10.3 Å². The number of nitrogens with zero attached hydrogens (tertiary/aromatic N) is 3. The molecule has 1 heterocycles. The second kappa shape index (κ2) is 7.77. The number of rotatable bonds is 6. The van der Waals surface area contributed by atoms with E-state index in [9.17, 15) is 19.7 Å². The third kappa shape index (κ3) is 3.84. The zero-order valence-electron chi connectivity index (χ0n) is 14.6. The van der Waals surface area contributed by atoms with Crippen LogP contribution in [0.5, 0.6) is 5.75 Å². The lowest BCUT2D eigenvalue weighted by molar-refractivity contribution is -0.384. The Kier molecular flexibility index (Phi) is 5.25. The normalized spacial score (nSPS) is 10.7. The quantitative estimate of drug-likeness (QED) is 0.286. The number of carbonyl (C=O) groups is 1. The lowest BCUT2D eigenvalue weighted by Gasteiger charge is -2.10. The van der Waals surface area contributed by atoms with E-state index in [-0.39, 0.29) is 22.7 Å². The molecular formula is C19H17N3O5. The van der Waals surface area contributed by atoms with Gasteiger partial charge in [-0.1, -0.05) is 31.5 Å². The zero-order chi connectivity index (χ0) is 19.4. The Hall–Kier alpha value is -3.55. The first-order valence-corrected chi connectivity index (χ1v) is 8.47. The van der Waals surface area contributed by atoms with Crippen LogP contribution in [0.2, 0.25) is 0 Å². The van der Waals surface area contributed by atoms with E-state index in [1.807, 2.05) is 6.92 Å². The predicted octanol–water partition coefficient (Wildman–Crippen LogP) is 3.32. The van der Waals surface area contributed by atoms with Gasteiger partial charge in [0.25, 0.3) is 11.2 Å². The van der Waals surface area contributed by atoms with Crippen LogP contribution in [0.25, 0.3) is 10.8 Å². The van der Waals surface area contributed by atoms with Gasteiger partial charge < -0.3 is 4.74 Å². The van der Waals surface area contributed by atoms with Crippen LogP contribution < -0.4 is 10.3 Å². The summed E-state index contributed by atoms with van der Waals surface area (Å²) in [5.41, 5.74) is -0.336. The molecule has 0 fully saturated rings. The number of aromatic nitrogens is 2. The van der Waals surface area contributed by atoms with Crippen molar-refractivity contribution in [3.05, 3.63) is 74.7 Å². The maximum Gasteiger partial charge on any atom is 0.364 e. The number of hydrogen-bond donors (Lipinski definition) is 0. The standard InChI is InChI=1S/C19H17N3O5/c1-2-3-12-21-18(23)16-7-5-4-6-15(16)17(20-21)19(24)27-14-10-8-13(9-11-14)22(25)26/h4-11H,2-3,12H2,1H3. The number of unbranched alkanes of at least 4 members (excludes halogenated alkanes) is 1. The minimum atomic E-state index is -0.731. The zero-order valence-corrected chi connectivity index (χ0v) is 14.6. The Morgan fingerprint density at radius 2 is 1.81 bits per heavy atom. The highest BCUT2D eigenvalue weighted by Gasteiger charge is 2.19. The number of non-ortho nitro benzene ring substituents is 1. The highest BCUT2D eigenvalue weighted by Crippen LogP contribution is 2.20. The van der Waals surface area contributed by atoms with E-state index >= 15 is 0 Å². The van der Waals surface area contributed by atoms with Crippen LogP contribution in [-0.4, -0.2) is 20.7 Å². The van der Waals surface area contributed by atoms with Crippen LogP contribution in [0.15, 0.2) is 53.3 Å². The lowest BCUT2D eigenvalue weighted by atomic mass is 10.1. The number of carbonyl (C=O) groups excluding carboxylic acids is 1. The molecule has 2 aromatic carbocycles. The smallest absolute Gasteiger partial charge is 0.364 e. The molecule has 0 radical (unpaired) electrons. The van der Waals surface area contributed by atoms with Crippen molar-refractivity contribution in [1.82, 2.24) is 9.78 Å². The largest absolute Gasteiger partial charge is 0.422 e. The molecule has 0 bridgehead atoms. The summed E-state index contributed by atoms with van der Waals surface area (Å²) in [5, 5.41) is 15.7. The van der Waals surface area contributed by atoms with Crippen LogP contribution in [0.4, 0.5) is 5.69 Å². The number of benzene rings is 2. The van der Waals surface area contributed by atoms with Gasteiger partial charge in [0.15, 0.2) is 5.69 Å². The second-order valence-corrected chi connectivity index (χ2v) is 5.92. The van der Waals surface area contributed by atoms with E-state index in [1.165, 1.54) is 28.9 Å². The highest BCUT2D eigenvalue weighted by molar-refractivity contribution is 6.02. The van der Waals surface area contributed by atoms with Gasteiger partial charge in [0.1, 0.15) is 5.75 Å². The van der Waals surface area contributed by atoms with Crippen LogP contribution >= 0.6 is 0 Å². The fourth-order valence-corrected chi connectivity index (χ4v) is 2.64. The van der Waals surface area contributed by atoms with Gasteiger partial charge in [-0.3, -0.25) is 14.9 Å². The Labute approximate surface area is 154 Å². The molecule has 0 N–H and O–H groups in total. The first-order chi connectivity index (χ1) is 13.0. The summed E-state index contributed by atoms with van der Waals surface area (Å²) in [6.45, 7) is 2.40. The average molecular weight is 367 g/mol. The molecule has 0 spiro atoms. The van der Waals surface area contributed by atoms with Crippen molar-refractivity contribution < 1.29 is 14.5 Å². The van der Waals surface area contributed by atoms with E-state index in [2.05, 4.69) is 5.10 Å². The van der Waals surface area contributed by atoms with Crippen LogP contribution in [-0.2, 0) is 6.54 Å². The van der Waals surface area contributed by atoms with E-state index in [1.54, 1.807) is 24.3 Å². The molecule has 27 heavy (non-hydrogen) atoms. The van der Waals surface area contributed by atoms with E-state index in [4.69, 9.17) is 4.74 Å². The Balaban J connectivity index is 1.99. The van der Waals surface area contributed by atoms with Gasteiger partial charge in [-0.25, -0.2) is 9.48 Å². The summed E-state index contributed by atoms with van der Waals surface area (Å²) in [4.78, 5) is 35.4. The van der Waals surface area contributed by atoms with Crippen molar-refractivity contribution in [3.8, 4) is 5.75 Å². The monoisotopic (exact) mass is 367 g/mol. The summed E-state index contributed by atoms with van der Waals surface area (Å²) >= 11 is 0. The number of nitro groups is 1. The molecule has 8 heteroatoms. The van der Waals surface area contributed by atoms with Crippen molar-refractivity contribution in [2.24, 2.45) is 0 Å². The Morgan fingerprint density at radius 1 is 1.15 bits per heavy atom. The Morgan fingerprint density at radius 3 is 2.44 bits per heavy atom. The first-order valence-electron chi connectivity index (χ1n) is 8.47. The SMILES string of the molecule is CCCCn1nc(C(=O)Oc2ccc([N+](=O)[O-])cc2)c2ccccc2c1=O. The summed E-state index contributed by atoms with van der Waals surface area (Å²) in [7, 11) is 0. The highest BCUT2D eigenvalue weighted by atomic mass is 16.6. The first kappa shape index (κ1) is 18.2. The third-order valence-electron chi connectivity index (χ3n) is 4.04. The van der Waals surface area contributed by atoms with Crippen molar-refractivity contribution in [3.63, 3.8) is 0 Å². The minimum absolute atomic E-state index is 0.0275. The van der Waals surface area contributed by atoms with Gasteiger partial charge in [-0.05, 0) is 24.6 Å². The molecule has 0 atom stereocenters. The maximum absolute atomic E-state index is 12.7. The van der Waals surface area contributed by atoms with Crippen LogP contribution in [0.3, 0.4) is 0 Å². The van der Waals surface area contributed by atoms with Gasteiger partial charge in [-0.2, -0.15) is 5.10 Å². The molecular weight excluding hydrogens is 350 g/mol. The fourth-order valence-electron chi connectivity index (χ4n) is 2.64. The fraction of sp³-hybridized carbons (Fsp3) is 0.211. The van der Waals surface area contributed by atoms with Crippen molar-refractivity contribution in [2.75, 3.05) is 0 Å². The number of esters is 1. The number of hydrogen-bond acceptors (Lipinski definition) is 6. The van der Waals surface area contributed by atoms with Crippen LogP contribution in [0.1, 0.15) is 30.3 Å². The van der Waals surface area contributed by atoms with Gasteiger partial charge in [0, 0.05) is 24.1 Å². The minimum Gasteiger partial charge on any atom is -0.422 e. The van der Waals surface area contributed by atoms with Crippen LogP contribution in [0, 0.1) is 10.1 Å². The lowest BCUT2D eigenvalue weighted by Crippen LogP contribution is -2.27. The maximum atomic E-state index is 12.7. The molecule has 0 aliphatic rings. The molecule has 0 saturated carbocycles. The summed E-state index contributed by atoms with van der Waals surface area (Å²) < 4.78 is 6.58. The van der Waals surface area contributed by atoms with Crippen molar-refractivity contribution in [2.45, 2.75) is 26.3 Å². The van der Waals surface area contributed by atoms with E-state index < -0.39 is 10.9 Å². The van der Waals surface area contributed by atoms with Gasteiger partial charge >= 0.3 is 5.97 Å². The molecule has 0 aliphatic carbocycles. The molecule has 0 amide bonds. The predicted molar refractivity (Wildman–Crippen MR) is 99.0 cm³/mol. The molecule has 0 saturated heterocycles. The second-order valence-electron chi connectivity index (χ2n) is 5.92. The topological polar surface area (TPSA) is 104 Å². The number of ether oxygens (including phenoxy) is 1. The summed E-state index contributed by atoms with van der Waals surface area (Å²) in [6.07, 6.45) is 1.63. The number of nitro benzene ring substituents is 1. The summed E-state index contributed by atoms with van der Waals surface area (Å²) in [6, 6.07) is 11.9. The molecule has 138 valence electrons. The number of aryl methyl sites for hydroxylation is 1. The van der Waals surface area contributed by atoms with E-state index in [0.717, 1.165) is 12.8 Å². The molecule has 3 rings (SSSR count). The van der Waals surface area contributed by atoms with Crippen molar-refractivity contribution in [1.29, 1.82) is 0 Å². The van der Waals surface area contributed by atoms with Gasteiger partial charge in [0.2, 0.25) is 0 Å². The summed E-state index contributed by atoms with van der Waals surface area (Å²) in [5.74, 6) is -0.576. The number of fused-ring (bicyclic) bond motifs is 1. The average Bonchev–Trinajstić information content (AvgIpc) is 2.68. The Bertz CT molecular complexity index is 1060. The molecule has 0 aliphatic heterocycles. The molecule has 0 unspecified atom stereocenters. The van der Waals surface area contributed by atoms with Gasteiger partial charge in [-0.15, -0.1) is 0 Å². The molecule has 8 nitrogen and oxygen atoms in total.